The average molecular weight is 353 g/mol. The number of hydrazone groups is 1. The summed E-state index contributed by atoms with van der Waals surface area (Å²) in [5.41, 5.74) is 8.29. The summed E-state index contributed by atoms with van der Waals surface area (Å²) in [6.07, 6.45) is 1.65. The molecule has 0 saturated heterocycles. The van der Waals surface area contributed by atoms with Gasteiger partial charge in [-0.3, -0.25) is 5.43 Å². The molecule has 2 aromatic carbocycles. The molecule has 5 nitrogen and oxygen atoms in total. The number of nitrogens with zero attached hydrogens (tertiary/aromatic N) is 2. The number of rotatable bonds is 5. The third-order valence-corrected chi connectivity index (χ3v) is 4.63. The van der Waals surface area contributed by atoms with Crippen LogP contribution >= 0.6 is 11.3 Å². The predicted molar refractivity (Wildman–Crippen MR) is 103 cm³/mol. The summed E-state index contributed by atoms with van der Waals surface area (Å²) in [5, 5.41) is 16.5. The Kier molecular flexibility index (Phi) is 5.00. The van der Waals surface area contributed by atoms with Gasteiger partial charge in [0, 0.05) is 10.9 Å². The van der Waals surface area contributed by atoms with Crippen LogP contribution in [0.3, 0.4) is 0 Å². The van der Waals surface area contributed by atoms with Crippen LogP contribution < -0.4 is 10.2 Å². The maximum atomic E-state index is 9.59. The number of aryl methyl sites for hydroxylation is 2. The van der Waals surface area contributed by atoms with Gasteiger partial charge in [-0.15, -0.1) is 11.3 Å². The molecule has 0 saturated carbocycles. The number of benzene rings is 2. The van der Waals surface area contributed by atoms with Crippen molar-refractivity contribution in [3.8, 4) is 22.8 Å². The number of hydrogen-bond acceptors (Lipinski definition) is 6. The number of hydrogen-bond donors (Lipinski definition) is 2. The van der Waals surface area contributed by atoms with Crippen molar-refractivity contribution in [1.29, 1.82) is 0 Å². The Balaban J connectivity index is 1.70. The second-order valence-corrected chi connectivity index (χ2v) is 6.50. The number of phenolic OH excluding ortho intramolecular Hbond substituents is 1. The maximum Gasteiger partial charge on any atom is 0.203 e. The van der Waals surface area contributed by atoms with Crippen molar-refractivity contribution in [3.63, 3.8) is 0 Å². The van der Waals surface area contributed by atoms with Gasteiger partial charge in [0.05, 0.1) is 19.0 Å². The Morgan fingerprint density at radius 1 is 1.16 bits per heavy atom. The number of ether oxygens (including phenoxy) is 1. The van der Waals surface area contributed by atoms with Crippen molar-refractivity contribution < 1.29 is 9.84 Å². The standard InChI is InChI=1S/C19H19N3O2S/c1-12-4-6-15(8-13(12)2)16-11-25-19(21-16)22-20-10-14-5-7-17(23)18(9-14)24-3/h4-11,23H,1-3H3,(H,21,22)/b20-10-. The third-order valence-electron chi connectivity index (χ3n) is 3.88. The van der Waals surface area contributed by atoms with E-state index in [2.05, 4.69) is 47.6 Å². The minimum absolute atomic E-state index is 0.102. The van der Waals surface area contributed by atoms with Gasteiger partial charge in [-0.25, -0.2) is 4.98 Å². The summed E-state index contributed by atoms with van der Waals surface area (Å²) in [6.45, 7) is 4.20. The topological polar surface area (TPSA) is 66.7 Å². The highest BCUT2D eigenvalue weighted by Gasteiger charge is 2.05. The molecule has 0 aliphatic rings. The van der Waals surface area contributed by atoms with Crippen LogP contribution in [0.4, 0.5) is 5.13 Å². The van der Waals surface area contributed by atoms with Gasteiger partial charge in [-0.1, -0.05) is 12.1 Å². The average Bonchev–Trinajstić information content (AvgIpc) is 3.07. The van der Waals surface area contributed by atoms with E-state index in [-0.39, 0.29) is 5.75 Å². The smallest absolute Gasteiger partial charge is 0.203 e. The Labute approximate surface area is 150 Å². The molecule has 0 bridgehead atoms. The lowest BCUT2D eigenvalue weighted by Crippen LogP contribution is -1.91. The number of nitrogens with one attached hydrogen (secondary N) is 1. The molecule has 128 valence electrons. The SMILES string of the molecule is COc1cc(/C=N\Nc2nc(-c3ccc(C)c(C)c3)cs2)ccc1O. The number of aromatic nitrogens is 1. The predicted octanol–water partition coefficient (Wildman–Crippen LogP) is 4.59. The van der Waals surface area contributed by atoms with Gasteiger partial charge in [0.15, 0.2) is 11.5 Å². The summed E-state index contributed by atoms with van der Waals surface area (Å²) in [7, 11) is 1.51. The van der Waals surface area contributed by atoms with Crippen LogP contribution in [-0.4, -0.2) is 23.4 Å². The molecule has 0 atom stereocenters. The third kappa shape index (κ3) is 3.97. The Bertz CT molecular complexity index is 919. The molecule has 2 N–H and O–H groups in total. The van der Waals surface area contributed by atoms with E-state index in [4.69, 9.17) is 4.74 Å². The molecule has 6 heteroatoms. The number of thiazole rings is 1. The Hall–Kier alpha value is -2.86. The van der Waals surface area contributed by atoms with Crippen molar-refractivity contribution in [2.75, 3.05) is 12.5 Å². The molecular weight excluding hydrogens is 334 g/mol. The zero-order valence-electron chi connectivity index (χ0n) is 14.3. The van der Waals surface area contributed by atoms with Gasteiger partial charge < -0.3 is 9.84 Å². The second kappa shape index (κ2) is 7.36. The van der Waals surface area contributed by atoms with E-state index in [0.29, 0.717) is 5.75 Å². The van der Waals surface area contributed by atoms with Crippen LogP contribution in [0.1, 0.15) is 16.7 Å². The van der Waals surface area contributed by atoms with Gasteiger partial charge in [-0.2, -0.15) is 5.10 Å². The molecule has 0 aliphatic heterocycles. The van der Waals surface area contributed by atoms with Crippen LogP contribution in [0.25, 0.3) is 11.3 Å². The van der Waals surface area contributed by atoms with Crippen molar-refractivity contribution in [3.05, 3.63) is 58.5 Å². The first-order chi connectivity index (χ1) is 12.1. The quantitative estimate of drug-likeness (QED) is 0.520. The van der Waals surface area contributed by atoms with Gasteiger partial charge in [-0.05, 0) is 54.8 Å². The number of methoxy groups -OCH3 is 1. The fraction of sp³-hybridized carbons (Fsp3) is 0.158. The number of phenols is 1. The van der Waals surface area contributed by atoms with Gasteiger partial charge in [0.2, 0.25) is 5.13 Å². The molecule has 1 aromatic heterocycles. The molecule has 0 spiro atoms. The highest BCUT2D eigenvalue weighted by atomic mass is 32.1. The second-order valence-electron chi connectivity index (χ2n) is 5.64. The van der Waals surface area contributed by atoms with Crippen molar-refractivity contribution >= 4 is 22.7 Å². The Morgan fingerprint density at radius 3 is 2.76 bits per heavy atom. The molecule has 0 radical (unpaired) electrons. The van der Waals surface area contributed by atoms with E-state index in [9.17, 15) is 5.11 Å². The summed E-state index contributed by atoms with van der Waals surface area (Å²) in [5.74, 6) is 0.515. The van der Waals surface area contributed by atoms with Crippen molar-refractivity contribution in [1.82, 2.24) is 4.98 Å². The van der Waals surface area contributed by atoms with E-state index in [1.165, 1.54) is 29.6 Å². The summed E-state index contributed by atoms with van der Waals surface area (Å²) >= 11 is 1.50. The van der Waals surface area contributed by atoms with Crippen molar-refractivity contribution in [2.45, 2.75) is 13.8 Å². The first kappa shape index (κ1) is 17.0. The zero-order valence-corrected chi connectivity index (χ0v) is 15.1. The first-order valence-electron chi connectivity index (χ1n) is 7.76. The van der Waals surface area contributed by atoms with E-state index >= 15 is 0 Å². The van der Waals surface area contributed by atoms with E-state index in [0.717, 1.165) is 22.0 Å². The summed E-state index contributed by atoms with van der Waals surface area (Å²) in [4.78, 5) is 4.56. The molecule has 0 fully saturated rings. The minimum Gasteiger partial charge on any atom is -0.504 e. The lowest BCUT2D eigenvalue weighted by atomic mass is 10.1. The van der Waals surface area contributed by atoms with Crippen LogP contribution in [0.2, 0.25) is 0 Å². The highest BCUT2D eigenvalue weighted by Crippen LogP contribution is 2.27. The maximum absolute atomic E-state index is 9.59. The fourth-order valence-electron chi connectivity index (χ4n) is 2.29. The van der Waals surface area contributed by atoms with E-state index < -0.39 is 0 Å². The molecule has 3 rings (SSSR count). The van der Waals surface area contributed by atoms with Gasteiger partial charge >= 0.3 is 0 Å². The monoisotopic (exact) mass is 353 g/mol. The minimum atomic E-state index is 0.102. The lowest BCUT2D eigenvalue weighted by molar-refractivity contribution is 0.373. The van der Waals surface area contributed by atoms with Gasteiger partial charge in [0.1, 0.15) is 0 Å². The van der Waals surface area contributed by atoms with Crippen LogP contribution in [0.5, 0.6) is 11.5 Å². The molecule has 0 unspecified atom stereocenters. The van der Waals surface area contributed by atoms with E-state index in [1.807, 2.05) is 5.38 Å². The summed E-state index contributed by atoms with van der Waals surface area (Å²) in [6, 6.07) is 11.4. The first-order valence-corrected chi connectivity index (χ1v) is 8.64. The molecule has 0 aliphatic carbocycles. The molecule has 0 amide bonds. The van der Waals surface area contributed by atoms with E-state index in [1.54, 1.807) is 24.4 Å². The number of aromatic hydroxyl groups is 1. The fourth-order valence-corrected chi connectivity index (χ4v) is 2.96. The van der Waals surface area contributed by atoms with Crippen LogP contribution in [0.15, 0.2) is 46.9 Å². The molecule has 1 heterocycles. The van der Waals surface area contributed by atoms with Crippen LogP contribution in [0, 0.1) is 13.8 Å². The van der Waals surface area contributed by atoms with Crippen LogP contribution in [-0.2, 0) is 0 Å². The largest absolute Gasteiger partial charge is 0.504 e. The lowest BCUT2D eigenvalue weighted by Gasteiger charge is -2.03. The zero-order chi connectivity index (χ0) is 17.8. The normalized spacial score (nSPS) is 11.0. The Morgan fingerprint density at radius 2 is 2.00 bits per heavy atom. The number of anilines is 1. The molecular formula is C19H19N3O2S. The highest BCUT2D eigenvalue weighted by molar-refractivity contribution is 7.14. The summed E-state index contributed by atoms with van der Waals surface area (Å²) < 4.78 is 5.08. The molecule has 25 heavy (non-hydrogen) atoms. The van der Waals surface area contributed by atoms with Crippen molar-refractivity contribution in [2.24, 2.45) is 5.10 Å². The molecule has 3 aromatic rings. The van der Waals surface area contributed by atoms with Gasteiger partial charge in [0.25, 0.3) is 0 Å².